The van der Waals surface area contributed by atoms with E-state index in [0.717, 1.165) is 5.56 Å². The SMILES string of the molecule is O=C1NC(c2ccc3c(c2)OCO3)Nc2ccc([N+](=O)[O-])cc21. The van der Waals surface area contributed by atoms with Gasteiger partial charge in [0, 0.05) is 17.8 Å². The van der Waals surface area contributed by atoms with Gasteiger partial charge in [0.15, 0.2) is 11.5 Å². The van der Waals surface area contributed by atoms with Gasteiger partial charge in [-0.3, -0.25) is 14.9 Å². The molecule has 2 N–H and O–H groups in total. The summed E-state index contributed by atoms with van der Waals surface area (Å²) in [6, 6.07) is 9.54. The predicted molar refractivity (Wildman–Crippen MR) is 79.5 cm³/mol. The molecule has 0 aromatic heterocycles. The first-order valence-corrected chi connectivity index (χ1v) is 6.87. The van der Waals surface area contributed by atoms with Crippen LogP contribution in [0.15, 0.2) is 36.4 Å². The highest BCUT2D eigenvalue weighted by Gasteiger charge is 2.27. The van der Waals surface area contributed by atoms with Crippen molar-refractivity contribution in [3.63, 3.8) is 0 Å². The number of fused-ring (bicyclic) bond motifs is 2. The minimum Gasteiger partial charge on any atom is -0.454 e. The van der Waals surface area contributed by atoms with Gasteiger partial charge in [-0.15, -0.1) is 0 Å². The number of carbonyl (C=O) groups excluding carboxylic acids is 1. The topological polar surface area (TPSA) is 103 Å². The summed E-state index contributed by atoms with van der Waals surface area (Å²) in [4.78, 5) is 22.5. The highest BCUT2D eigenvalue weighted by molar-refractivity contribution is 6.02. The first-order valence-electron chi connectivity index (χ1n) is 6.87. The molecule has 0 bridgehead atoms. The van der Waals surface area contributed by atoms with Gasteiger partial charge in [0.2, 0.25) is 6.79 Å². The fourth-order valence-corrected chi connectivity index (χ4v) is 2.62. The molecule has 23 heavy (non-hydrogen) atoms. The van der Waals surface area contributed by atoms with E-state index in [9.17, 15) is 14.9 Å². The number of nitro benzene ring substituents is 1. The molecule has 1 unspecified atom stereocenters. The van der Waals surface area contributed by atoms with E-state index in [1.165, 1.54) is 18.2 Å². The van der Waals surface area contributed by atoms with E-state index in [1.54, 1.807) is 12.1 Å². The number of hydrogen-bond donors (Lipinski definition) is 2. The first-order chi connectivity index (χ1) is 11.1. The second kappa shape index (κ2) is 4.87. The second-order valence-corrected chi connectivity index (χ2v) is 5.15. The van der Waals surface area contributed by atoms with Gasteiger partial charge in [0.1, 0.15) is 6.17 Å². The van der Waals surface area contributed by atoms with Crippen LogP contribution < -0.4 is 20.1 Å². The standard InChI is InChI=1S/C15H11N3O5/c19-15-10-6-9(18(20)21)2-3-11(10)16-14(17-15)8-1-4-12-13(5-8)23-7-22-12/h1-6,14,16H,7H2,(H,17,19). The molecule has 4 rings (SSSR count). The van der Waals surface area contributed by atoms with Crippen LogP contribution in [0.4, 0.5) is 11.4 Å². The molecule has 2 aliphatic heterocycles. The fraction of sp³-hybridized carbons (Fsp3) is 0.133. The largest absolute Gasteiger partial charge is 0.454 e. The molecule has 8 nitrogen and oxygen atoms in total. The number of non-ortho nitro benzene ring substituents is 1. The maximum absolute atomic E-state index is 12.2. The Bertz CT molecular complexity index is 836. The van der Waals surface area contributed by atoms with Crippen molar-refractivity contribution in [3.05, 3.63) is 57.6 Å². The van der Waals surface area contributed by atoms with E-state index in [2.05, 4.69) is 10.6 Å². The number of benzene rings is 2. The number of anilines is 1. The lowest BCUT2D eigenvalue weighted by molar-refractivity contribution is -0.384. The van der Waals surface area contributed by atoms with Crippen molar-refractivity contribution in [1.29, 1.82) is 0 Å². The van der Waals surface area contributed by atoms with E-state index >= 15 is 0 Å². The van der Waals surface area contributed by atoms with Crippen LogP contribution in [0.5, 0.6) is 11.5 Å². The third kappa shape index (κ3) is 2.20. The van der Waals surface area contributed by atoms with Crippen LogP contribution in [0, 0.1) is 10.1 Å². The molecule has 0 aliphatic carbocycles. The zero-order valence-corrected chi connectivity index (χ0v) is 11.7. The smallest absolute Gasteiger partial charge is 0.270 e. The molecule has 0 radical (unpaired) electrons. The molecular formula is C15H11N3O5. The Morgan fingerprint density at radius 3 is 2.74 bits per heavy atom. The summed E-state index contributed by atoms with van der Waals surface area (Å²) in [6.45, 7) is 0.176. The number of nitro groups is 1. The van der Waals surface area contributed by atoms with Crippen molar-refractivity contribution in [2.45, 2.75) is 6.17 Å². The molecule has 0 saturated carbocycles. The Kier molecular flexibility index (Phi) is 2.83. The number of hydrogen-bond acceptors (Lipinski definition) is 6. The second-order valence-electron chi connectivity index (χ2n) is 5.15. The minimum absolute atomic E-state index is 0.123. The fourth-order valence-electron chi connectivity index (χ4n) is 2.62. The van der Waals surface area contributed by atoms with E-state index in [0.29, 0.717) is 17.2 Å². The molecule has 1 atom stereocenters. The third-order valence-corrected chi connectivity index (χ3v) is 3.76. The van der Waals surface area contributed by atoms with Crippen molar-refractivity contribution >= 4 is 17.3 Å². The lowest BCUT2D eigenvalue weighted by Crippen LogP contribution is -2.38. The van der Waals surface area contributed by atoms with Gasteiger partial charge in [-0.05, 0) is 23.8 Å². The lowest BCUT2D eigenvalue weighted by atomic mass is 10.0. The van der Waals surface area contributed by atoms with Gasteiger partial charge < -0.3 is 20.1 Å². The summed E-state index contributed by atoms with van der Waals surface area (Å²) in [6.07, 6.45) is -0.453. The van der Waals surface area contributed by atoms with Gasteiger partial charge in [-0.25, -0.2) is 0 Å². The monoisotopic (exact) mass is 313 g/mol. The number of ether oxygens (including phenoxy) is 2. The number of nitrogens with zero attached hydrogens (tertiary/aromatic N) is 1. The first kappa shape index (κ1) is 13.4. The summed E-state index contributed by atoms with van der Waals surface area (Å²) in [5.74, 6) is 0.907. The maximum Gasteiger partial charge on any atom is 0.270 e. The van der Waals surface area contributed by atoms with Crippen LogP contribution >= 0.6 is 0 Å². The van der Waals surface area contributed by atoms with Crippen molar-refractivity contribution in [2.75, 3.05) is 12.1 Å². The Morgan fingerprint density at radius 2 is 1.91 bits per heavy atom. The molecule has 0 fully saturated rings. The van der Waals surface area contributed by atoms with E-state index in [4.69, 9.17) is 9.47 Å². The molecule has 1 amide bonds. The molecule has 2 aliphatic rings. The van der Waals surface area contributed by atoms with Crippen LogP contribution in [0.25, 0.3) is 0 Å². The highest BCUT2D eigenvalue weighted by Crippen LogP contribution is 2.36. The number of amides is 1. The number of rotatable bonds is 2. The zero-order valence-electron chi connectivity index (χ0n) is 11.7. The molecule has 0 saturated heterocycles. The van der Waals surface area contributed by atoms with Crippen molar-refractivity contribution in [3.8, 4) is 11.5 Å². The zero-order chi connectivity index (χ0) is 16.0. The van der Waals surface area contributed by atoms with Crippen molar-refractivity contribution in [1.82, 2.24) is 5.32 Å². The van der Waals surface area contributed by atoms with Gasteiger partial charge in [-0.2, -0.15) is 0 Å². The van der Waals surface area contributed by atoms with Crippen LogP contribution in [0.1, 0.15) is 22.1 Å². The average molecular weight is 313 g/mol. The van der Waals surface area contributed by atoms with Gasteiger partial charge in [0.25, 0.3) is 11.6 Å². The molecule has 2 heterocycles. The predicted octanol–water partition coefficient (Wildman–Crippen LogP) is 2.18. The van der Waals surface area contributed by atoms with Crippen molar-refractivity contribution < 1.29 is 19.2 Å². The van der Waals surface area contributed by atoms with E-state index in [-0.39, 0.29) is 24.0 Å². The Balaban J connectivity index is 1.67. The maximum atomic E-state index is 12.2. The molecule has 2 aromatic carbocycles. The highest BCUT2D eigenvalue weighted by atomic mass is 16.7. The van der Waals surface area contributed by atoms with E-state index < -0.39 is 11.1 Å². The Labute approximate surface area is 130 Å². The van der Waals surface area contributed by atoms with Gasteiger partial charge in [-0.1, -0.05) is 6.07 Å². The summed E-state index contributed by atoms with van der Waals surface area (Å²) in [5, 5.41) is 16.7. The van der Waals surface area contributed by atoms with Crippen molar-refractivity contribution in [2.24, 2.45) is 0 Å². The average Bonchev–Trinajstić information content (AvgIpc) is 3.01. The van der Waals surface area contributed by atoms with Crippen LogP contribution in [-0.4, -0.2) is 17.6 Å². The third-order valence-electron chi connectivity index (χ3n) is 3.76. The molecule has 2 aromatic rings. The number of nitrogens with one attached hydrogen (secondary N) is 2. The summed E-state index contributed by atoms with van der Waals surface area (Å²) in [5.41, 5.74) is 1.46. The molecule has 0 spiro atoms. The molecule has 116 valence electrons. The molecule has 8 heteroatoms. The van der Waals surface area contributed by atoms with Gasteiger partial charge >= 0.3 is 0 Å². The van der Waals surface area contributed by atoms with Crippen LogP contribution in [0.2, 0.25) is 0 Å². The normalized spacial score (nSPS) is 17.9. The quantitative estimate of drug-likeness (QED) is 0.650. The Hall–Kier alpha value is -3.29. The summed E-state index contributed by atoms with van der Waals surface area (Å²) >= 11 is 0. The Morgan fingerprint density at radius 1 is 1.09 bits per heavy atom. The summed E-state index contributed by atoms with van der Waals surface area (Å²) < 4.78 is 10.6. The minimum atomic E-state index is -0.530. The van der Waals surface area contributed by atoms with Crippen LogP contribution in [-0.2, 0) is 0 Å². The number of carbonyl (C=O) groups is 1. The lowest BCUT2D eigenvalue weighted by Gasteiger charge is -2.28. The molecular weight excluding hydrogens is 302 g/mol. The van der Waals surface area contributed by atoms with Crippen LogP contribution in [0.3, 0.4) is 0 Å². The van der Waals surface area contributed by atoms with Gasteiger partial charge in [0.05, 0.1) is 10.5 Å². The van der Waals surface area contributed by atoms with E-state index in [1.807, 2.05) is 6.07 Å². The summed E-state index contributed by atoms with van der Waals surface area (Å²) in [7, 11) is 0.